The molecule has 0 heterocycles. The van der Waals surface area contributed by atoms with E-state index in [-0.39, 0.29) is 18.2 Å². The Morgan fingerprint density at radius 2 is 2.24 bits per heavy atom. The van der Waals surface area contributed by atoms with E-state index < -0.39 is 0 Å². The third-order valence-electron chi connectivity index (χ3n) is 3.54. The predicted octanol–water partition coefficient (Wildman–Crippen LogP) is 2.26. The van der Waals surface area contributed by atoms with Gasteiger partial charge < -0.3 is 15.2 Å². The fourth-order valence-corrected chi connectivity index (χ4v) is 2.46. The highest BCUT2D eigenvalue weighted by atomic mass is 16.5. The lowest BCUT2D eigenvalue weighted by molar-refractivity contribution is 0.144. The van der Waals surface area contributed by atoms with E-state index in [2.05, 4.69) is 18.3 Å². The van der Waals surface area contributed by atoms with Gasteiger partial charge >= 0.3 is 0 Å². The van der Waals surface area contributed by atoms with Gasteiger partial charge in [-0.05, 0) is 43.9 Å². The number of ether oxygens (including phenoxy) is 1. The molecule has 0 bridgehead atoms. The molecular formula is C14H21NO2. The largest absolute Gasteiger partial charge is 0.497 e. The maximum atomic E-state index is 9.80. The summed E-state index contributed by atoms with van der Waals surface area (Å²) in [4.78, 5) is 0. The molecule has 3 nitrogen and oxygen atoms in total. The lowest BCUT2D eigenvalue weighted by Crippen LogP contribution is -2.37. The molecule has 94 valence electrons. The summed E-state index contributed by atoms with van der Waals surface area (Å²) in [5.41, 5.74) is 1.20. The number of aliphatic hydroxyl groups excluding tert-OH is 1. The van der Waals surface area contributed by atoms with Crippen molar-refractivity contribution in [3.63, 3.8) is 0 Å². The van der Waals surface area contributed by atoms with E-state index in [9.17, 15) is 5.11 Å². The number of nitrogens with one attached hydrogen (secondary N) is 1. The van der Waals surface area contributed by atoms with Gasteiger partial charge in [0.25, 0.3) is 0 Å². The summed E-state index contributed by atoms with van der Waals surface area (Å²) >= 11 is 0. The number of aliphatic hydroxyl groups is 1. The smallest absolute Gasteiger partial charge is 0.119 e. The van der Waals surface area contributed by atoms with Crippen LogP contribution in [0.1, 0.15) is 37.8 Å². The van der Waals surface area contributed by atoms with E-state index in [0.29, 0.717) is 0 Å². The summed E-state index contributed by atoms with van der Waals surface area (Å²) in [5.74, 6) is 0.878. The summed E-state index contributed by atoms with van der Waals surface area (Å²) in [6.07, 6.45) is 2.91. The van der Waals surface area contributed by atoms with E-state index in [1.165, 1.54) is 5.56 Å². The Morgan fingerprint density at radius 1 is 1.41 bits per heavy atom. The van der Waals surface area contributed by atoms with Gasteiger partial charge in [-0.25, -0.2) is 0 Å². The second-order valence-electron chi connectivity index (χ2n) is 4.77. The molecular weight excluding hydrogens is 214 g/mol. The Bertz CT molecular complexity index is 367. The zero-order valence-electron chi connectivity index (χ0n) is 10.5. The predicted molar refractivity (Wildman–Crippen MR) is 68.2 cm³/mol. The monoisotopic (exact) mass is 235 g/mol. The standard InChI is InChI=1S/C14H21NO2/c1-10(15-13-7-4-8-14(13)16)11-5-3-6-12(9-11)17-2/h3,5-6,9-10,13-16H,4,7-8H2,1-2H3/t10-,13-,14-/m1/s1. The third kappa shape index (κ3) is 2.99. The van der Waals surface area contributed by atoms with Crippen LogP contribution in [0.2, 0.25) is 0 Å². The molecule has 2 rings (SSSR count). The molecule has 1 aromatic rings. The molecule has 0 radical (unpaired) electrons. The third-order valence-corrected chi connectivity index (χ3v) is 3.54. The average Bonchev–Trinajstić information content (AvgIpc) is 2.75. The number of hydrogen-bond acceptors (Lipinski definition) is 3. The number of hydrogen-bond donors (Lipinski definition) is 2. The van der Waals surface area contributed by atoms with Crippen LogP contribution < -0.4 is 10.1 Å². The van der Waals surface area contributed by atoms with Crippen LogP contribution in [0.5, 0.6) is 5.75 Å². The summed E-state index contributed by atoms with van der Waals surface area (Å²) in [5, 5.41) is 13.3. The summed E-state index contributed by atoms with van der Waals surface area (Å²) < 4.78 is 5.22. The van der Waals surface area contributed by atoms with Crippen LogP contribution in [0.3, 0.4) is 0 Å². The van der Waals surface area contributed by atoms with Crippen molar-refractivity contribution in [1.82, 2.24) is 5.32 Å². The molecule has 1 aliphatic rings. The van der Waals surface area contributed by atoms with Gasteiger partial charge in [0.1, 0.15) is 5.75 Å². The van der Waals surface area contributed by atoms with Crippen molar-refractivity contribution >= 4 is 0 Å². The minimum atomic E-state index is -0.192. The lowest BCUT2D eigenvalue weighted by Gasteiger charge is -2.22. The molecule has 0 spiro atoms. The van der Waals surface area contributed by atoms with Crippen molar-refractivity contribution in [2.24, 2.45) is 0 Å². The van der Waals surface area contributed by atoms with Crippen molar-refractivity contribution in [1.29, 1.82) is 0 Å². The first-order valence-electron chi connectivity index (χ1n) is 6.29. The highest BCUT2D eigenvalue weighted by Crippen LogP contribution is 2.24. The van der Waals surface area contributed by atoms with Gasteiger partial charge in [0.15, 0.2) is 0 Å². The molecule has 3 heteroatoms. The van der Waals surface area contributed by atoms with Crippen LogP contribution in [0, 0.1) is 0 Å². The van der Waals surface area contributed by atoms with Crippen LogP contribution in [-0.4, -0.2) is 24.4 Å². The fraction of sp³-hybridized carbons (Fsp3) is 0.571. The van der Waals surface area contributed by atoms with Crippen molar-refractivity contribution in [2.45, 2.75) is 44.4 Å². The first-order chi connectivity index (χ1) is 8.20. The van der Waals surface area contributed by atoms with Crippen molar-refractivity contribution in [2.75, 3.05) is 7.11 Å². The van der Waals surface area contributed by atoms with Gasteiger partial charge in [-0.1, -0.05) is 12.1 Å². The molecule has 1 fully saturated rings. The summed E-state index contributed by atoms with van der Waals surface area (Å²) in [6, 6.07) is 8.54. The molecule has 0 aromatic heterocycles. The van der Waals surface area contributed by atoms with Crippen LogP contribution >= 0.6 is 0 Å². The summed E-state index contributed by atoms with van der Waals surface area (Å²) in [6.45, 7) is 2.12. The maximum absolute atomic E-state index is 9.80. The van der Waals surface area contributed by atoms with Crippen LogP contribution in [0.15, 0.2) is 24.3 Å². The van der Waals surface area contributed by atoms with E-state index in [1.54, 1.807) is 7.11 Å². The first kappa shape index (κ1) is 12.4. The zero-order valence-corrected chi connectivity index (χ0v) is 10.5. The summed E-state index contributed by atoms with van der Waals surface area (Å²) in [7, 11) is 1.68. The highest BCUT2D eigenvalue weighted by Gasteiger charge is 2.26. The Labute approximate surface area is 103 Å². The normalized spacial score (nSPS) is 25.8. The Morgan fingerprint density at radius 3 is 2.88 bits per heavy atom. The second-order valence-corrected chi connectivity index (χ2v) is 4.77. The van der Waals surface area contributed by atoms with Gasteiger partial charge in [0.2, 0.25) is 0 Å². The Balaban J connectivity index is 2.00. The maximum Gasteiger partial charge on any atom is 0.119 e. The number of benzene rings is 1. The lowest BCUT2D eigenvalue weighted by atomic mass is 10.1. The van der Waals surface area contributed by atoms with E-state index in [4.69, 9.17) is 4.74 Å². The number of rotatable bonds is 4. The van der Waals surface area contributed by atoms with Crippen LogP contribution in [0.25, 0.3) is 0 Å². The van der Waals surface area contributed by atoms with E-state index in [1.807, 2.05) is 18.2 Å². The first-order valence-corrected chi connectivity index (χ1v) is 6.29. The van der Waals surface area contributed by atoms with Gasteiger partial charge in [-0.15, -0.1) is 0 Å². The minimum absolute atomic E-state index is 0.192. The molecule has 17 heavy (non-hydrogen) atoms. The Hall–Kier alpha value is -1.06. The quantitative estimate of drug-likeness (QED) is 0.841. The molecule has 1 aliphatic carbocycles. The van der Waals surface area contributed by atoms with Crippen molar-refractivity contribution in [3.05, 3.63) is 29.8 Å². The zero-order chi connectivity index (χ0) is 12.3. The molecule has 0 saturated heterocycles. The number of methoxy groups -OCH3 is 1. The molecule has 0 aliphatic heterocycles. The molecule has 2 N–H and O–H groups in total. The topological polar surface area (TPSA) is 41.5 Å². The van der Waals surface area contributed by atoms with Crippen LogP contribution in [0.4, 0.5) is 0 Å². The van der Waals surface area contributed by atoms with E-state index >= 15 is 0 Å². The van der Waals surface area contributed by atoms with Gasteiger partial charge in [0.05, 0.1) is 13.2 Å². The molecule has 0 amide bonds. The van der Waals surface area contributed by atoms with Crippen LogP contribution in [-0.2, 0) is 0 Å². The van der Waals surface area contributed by atoms with Crippen molar-refractivity contribution in [3.8, 4) is 5.75 Å². The fourth-order valence-electron chi connectivity index (χ4n) is 2.46. The SMILES string of the molecule is COc1cccc([C@@H](C)N[C@@H]2CCC[C@H]2O)c1. The Kier molecular flexibility index (Phi) is 4.02. The minimum Gasteiger partial charge on any atom is -0.497 e. The highest BCUT2D eigenvalue weighted by molar-refractivity contribution is 5.30. The second kappa shape index (κ2) is 5.52. The average molecular weight is 235 g/mol. The molecule has 0 unspecified atom stereocenters. The molecule has 3 atom stereocenters. The molecule has 1 aromatic carbocycles. The molecule has 1 saturated carbocycles. The van der Waals surface area contributed by atoms with Gasteiger partial charge in [-0.2, -0.15) is 0 Å². The van der Waals surface area contributed by atoms with E-state index in [0.717, 1.165) is 25.0 Å². The van der Waals surface area contributed by atoms with Gasteiger partial charge in [-0.3, -0.25) is 0 Å². The van der Waals surface area contributed by atoms with Gasteiger partial charge in [0, 0.05) is 12.1 Å². The van der Waals surface area contributed by atoms with Crippen molar-refractivity contribution < 1.29 is 9.84 Å².